The van der Waals surface area contributed by atoms with Crippen LogP contribution in [0.3, 0.4) is 0 Å². The van der Waals surface area contributed by atoms with E-state index in [1.54, 1.807) is 0 Å². The van der Waals surface area contributed by atoms with Crippen LogP contribution < -0.4 is 9.80 Å². The van der Waals surface area contributed by atoms with Crippen LogP contribution in [0, 0.1) is 0 Å². The minimum Gasteiger partial charge on any atom is -0.310 e. The Morgan fingerprint density at radius 2 is 0.885 bits per heavy atom. The van der Waals surface area contributed by atoms with Crippen molar-refractivity contribution in [1.29, 1.82) is 0 Å². The third-order valence-electron chi connectivity index (χ3n) is 11.7. The Balaban J connectivity index is 0.970. The zero-order chi connectivity index (χ0) is 40.5. The van der Waals surface area contributed by atoms with E-state index in [-0.39, 0.29) is 0 Å². The smallest absolute Gasteiger partial charge is 0.0542 e. The first-order valence-corrected chi connectivity index (χ1v) is 20.9. The van der Waals surface area contributed by atoms with Crippen molar-refractivity contribution in [2.75, 3.05) is 9.80 Å². The van der Waals surface area contributed by atoms with E-state index in [9.17, 15) is 0 Å². The number of fused-ring (bicyclic) bond motifs is 5. The van der Waals surface area contributed by atoms with Crippen LogP contribution in [0.5, 0.6) is 0 Å². The second-order valence-electron chi connectivity index (χ2n) is 15.4. The van der Waals surface area contributed by atoms with Gasteiger partial charge in [-0.05, 0) is 107 Å². The lowest BCUT2D eigenvalue weighted by Crippen LogP contribution is -2.17. The predicted octanol–water partition coefficient (Wildman–Crippen LogP) is 15.8. The molecule has 0 saturated carbocycles. The fraction of sp³-hybridized carbons (Fsp3) is 0. The van der Waals surface area contributed by atoms with Gasteiger partial charge in [0, 0.05) is 50.3 Å². The van der Waals surface area contributed by atoms with Gasteiger partial charge in [0.25, 0.3) is 0 Å². The van der Waals surface area contributed by atoms with Crippen molar-refractivity contribution in [2.24, 2.45) is 0 Å². The largest absolute Gasteiger partial charge is 0.310 e. The van der Waals surface area contributed by atoms with Crippen molar-refractivity contribution < 1.29 is 0 Å². The second-order valence-corrected chi connectivity index (χ2v) is 15.4. The molecule has 0 bridgehead atoms. The van der Waals surface area contributed by atoms with E-state index in [0.717, 1.165) is 34.0 Å². The number of anilines is 6. The molecule has 0 unspecified atom stereocenters. The average molecular weight is 780 g/mol. The lowest BCUT2D eigenvalue weighted by atomic mass is 9.89. The Labute approximate surface area is 356 Å². The van der Waals surface area contributed by atoms with Crippen molar-refractivity contribution in [3.8, 4) is 16.8 Å². The highest BCUT2D eigenvalue weighted by atomic mass is 15.2. The molecular weight excluding hydrogens is 739 g/mol. The summed E-state index contributed by atoms with van der Waals surface area (Å²) in [5.74, 6) is 0. The molecule has 2 heterocycles. The van der Waals surface area contributed by atoms with Crippen molar-refractivity contribution in [2.45, 2.75) is 0 Å². The topological polar surface area (TPSA) is 11.4 Å². The Morgan fingerprint density at radius 1 is 0.377 bits per heavy atom. The molecule has 0 saturated heterocycles. The van der Waals surface area contributed by atoms with Gasteiger partial charge in [-0.15, -0.1) is 0 Å². The standard InChI is InChI=1S/C58H41N3/c1-4-18-43(19-5-1)44-33-37-48(38-34-44)59(49-39-40-58-54(41-49)53-26-12-15-30-57(53)61(58)46-22-8-3-9-23-46)47-35-31-42(32-36-47)17-16-27-50-51-24-10-13-28-55(51)60(45-20-6-2-7-21-45)56-29-14-11-25-52(50)56/h1-41H/b17-16+. The second kappa shape index (κ2) is 15.6. The summed E-state index contributed by atoms with van der Waals surface area (Å²) in [6.45, 7) is 0. The Kier molecular flexibility index (Phi) is 9.18. The molecule has 1 aliphatic rings. The summed E-state index contributed by atoms with van der Waals surface area (Å²) in [6.07, 6.45) is 6.65. The highest BCUT2D eigenvalue weighted by molar-refractivity contribution is 6.11. The van der Waals surface area contributed by atoms with E-state index in [0.29, 0.717) is 0 Å². The first kappa shape index (κ1) is 36.0. The van der Waals surface area contributed by atoms with E-state index in [2.05, 4.69) is 263 Å². The molecule has 61 heavy (non-hydrogen) atoms. The summed E-state index contributed by atoms with van der Waals surface area (Å²) in [5.41, 5.74) is 17.5. The van der Waals surface area contributed by atoms with E-state index < -0.39 is 0 Å². The van der Waals surface area contributed by atoms with Crippen LogP contribution in [-0.2, 0) is 0 Å². The molecule has 0 atom stereocenters. The SMILES string of the molecule is C(/C=C/c1ccc(N(c2ccc(-c3ccccc3)cc2)c2ccc3c(c2)c2ccccc2n3-c2ccccc2)cc1)=C1c2ccccc2N(c2ccccc2)c2ccccc21. The van der Waals surface area contributed by atoms with E-state index in [4.69, 9.17) is 0 Å². The molecule has 1 aliphatic heterocycles. The van der Waals surface area contributed by atoms with Gasteiger partial charge in [0.1, 0.15) is 0 Å². The fourth-order valence-electron chi connectivity index (χ4n) is 8.93. The third-order valence-corrected chi connectivity index (χ3v) is 11.7. The molecule has 288 valence electrons. The minimum atomic E-state index is 1.09. The molecule has 10 aromatic rings. The molecule has 0 spiro atoms. The molecule has 3 heteroatoms. The molecule has 0 N–H and O–H groups in total. The molecule has 9 aromatic carbocycles. The first-order chi connectivity index (χ1) is 30.3. The Hall–Kier alpha value is -8.14. The molecule has 1 aromatic heterocycles. The summed E-state index contributed by atoms with van der Waals surface area (Å²) in [6, 6.07) is 82.7. The number of para-hydroxylation sites is 5. The highest BCUT2D eigenvalue weighted by Crippen LogP contribution is 2.48. The lowest BCUT2D eigenvalue weighted by Gasteiger charge is -2.34. The van der Waals surface area contributed by atoms with Gasteiger partial charge >= 0.3 is 0 Å². The zero-order valence-electron chi connectivity index (χ0n) is 33.5. The van der Waals surface area contributed by atoms with Gasteiger partial charge in [-0.1, -0.05) is 164 Å². The monoisotopic (exact) mass is 779 g/mol. The van der Waals surface area contributed by atoms with E-state index in [1.165, 1.54) is 61.0 Å². The van der Waals surface area contributed by atoms with Crippen LogP contribution in [0.2, 0.25) is 0 Å². The van der Waals surface area contributed by atoms with Crippen molar-refractivity contribution in [1.82, 2.24) is 4.57 Å². The van der Waals surface area contributed by atoms with Crippen LogP contribution >= 0.6 is 0 Å². The zero-order valence-corrected chi connectivity index (χ0v) is 33.5. The maximum atomic E-state index is 2.37. The summed E-state index contributed by atoms with van der Waals surface area (Å²) in [7, 11) is 0. The average Bonchev–Trinajstić information content (AvgIpc) is 3.67. The summed E-state index contributed by atoms with van der Waals surface area (Å²) in [5, 5.41) is 2.45. The van der Waals surface area contributed by atoms with Crippen molar-refractivity contribution in [3.63, 3.8) is 0 Å². The summed E-state index contributed by atoms with van der Waals surface area (Å²) < 4.78 is 2.37. The Bertz CT molecular complexity index is 3170. The number of allylic oxidation sites excluding steroid dienone is 2. The van der Waals surface area contributed by atoms with Crippen LogP contribution in [-0.4, -0.2) is 4.57 Å². The molecule has 3 nitrogen and oxygen atoms in total. The molecular formula is C58H41N3. The predicted molar refractivity (Wildman–Crippen MR) is 258 cm³/mol. The summed E-state index contributed by atoms with van der Waals surface area (Å²) >= 11 is 0. The van der Waals surface area contributed by atoms with Gasteiger partial charge in [-0.25, -0.2) is 0 Å². The van der Waals surface area contributed by atoms with Gasteiger partial charge in [0.15, 0.2) is 0 Å². The van der Waals surface area contributed by atoms with Crippen molar-refractivity contribution in [3.05, 3.63) is 259 Å². The molecule has 11 rings (SSSR count). The van der Waals surface area contributed by atoms with Gasteiger partial charge < -0.3 is 14.4 Å². The van der Waals surface area contributed by atoms with Gasteiger partial charge in [0.2, 0.25) is 0 Å². The van der Waals surface area contributed by atoms with E-state index in [1.807, 2.05) is 0 Å². The van der Waals surface area contributed by atoms with Crippen LogP contribution in [0.25, 0.3) is 50.3 Å². The lowest BCUT2D eigenvalue weighted by molar-refractivity contribution is 1.18. The maximum Gasteiger partial charge on any atom is 0.0542 e. The normalized spacial score (nSPS) is 12.1. The molecule has 0 radical (unpaired) electrons. The van der Waals surface area contributed by atoms with E-state index >= 15 is 0 Å². The fourth-order valence-corrected chi connectivity index (χ4v) is 8.93. The van der Waals surface area contributed by atoms with Gasteiger partial charge in [-0.3, -0.25) is 0 Å². The molecule has 0 fully saturated rings. The highest BCUT2D eigenvalue weighted by Gasteiger charge is 2.26. The third kappa shape index (κ3) is 6.59. The van der Waals surface area contributed by atoms with Gasteiger partial charge in [0.05, 0.1) is 22.4 Å². The molecule has 0 amide bonds. The Morgan fingerprint density at radius 3 is 1.56 bits per heavy atom. The maximum absolute atomic E-state index is 2.37. The number of benzene rings is 9. The minimum absolute atomic E-state index is 1.09. The van der Waals surface area contributed by atoms with Crippen LogP contribution in [0.1, 0.15) is 16.7 Å². The molecule has 0 aliphatic carbocycles. The van der Waals surface area contributed by atoms with Crippen molar-refractivity contribution >= 4 is 67.6 Å². The quantitative estimate of drug-likeness (QED) is 0.152. The van der Waals surface area contributed by atoms with Gasteiger partial charge in [-0.2, -0.15) is 0 Å². The number of rotatable bonds is 8. The number of hydrogen-bond acceptors (Lipinski definition) is 2. The first-order valence-electron chi connectivity index (χ1n) is 20.9. The summed E-state index contributed by atoms with van der Waals surface area (Å²) in [4.78, 5) is 4.73. The number of aromatic nitrogens is 1. The van der Waals surface area contributed by atoms with Crippen LogP contribution in [0.15, 0.2) is 243 Å². The number of nitrogens with zero attached hydrogens (tertiary/aromatic N) is 3. The number of hydrogen-bond donors (Lipinski definition) is 0. The van der Waals surface area contributed by atoms with Crippen LogP contribution in [0.4, 0.5) is 34.1 Å².